The summed E-state index contributed by atoms with van der Waals surface area (Å²) in [4.78, 5) is 16.1. The SMILES string of the molecule is O=C(NCc1ccccc1)c1ccc2oc(Cl)nc2c1. The molecule has 0 spiro atoms. The molecule has 3 rings (SSSR count). The zero-order chi connectivity index (χ0) is 13.9. The molecule has 1 aromatic heterocycles. The Kier molecular flexibility index (Phi) is 3.39. The average molecular weight is 287 g/mol. The molecule has 1 heterocycles. The summed E-state index contributed by atoms with van der Waals surface area (Å²) >= 11 is 5.68. The average Bonchev–Trinajstić information content (AvgIpc) is 2.85. The minimum Gasteiger partial charge on any atom is -0.428 e. The fraction of sp³-hybridized carbons (Fsp3) is 0.0667. The van der Waals surface area contributed by atoms with E-state index in [0.29, 0.717) is 23.2 Å². The van der Waals surface area contributed by atoms with Crippen LogP contribution in [0.4, 0.5) is 0 Å². The van der Waals surface area contributed by atoms with Crippen LogP contribution in [0.5, 0.6) is 0 Å². The molecule has 5 heteroatoms. The first-order chi connectivity index (χ1) is 9.72. The Morgan fingerprint density at radius 3 is 2.80 bits per heavy atom. The number of fused-ring (bicyclic) bond motifs is 1. The Balaban J connectivity index is 1.75. The Labute approximate surface area is 120 Å². The summed E-state index contributed by atoms with van der Waals surface area (Å²) in [6.07, 6.45) is 0. The highest BCUT2D eigenvalue weighted by molar-refractivity contribution is 6.28. The molecule has 0 aliphatic rings. The Bertz CT molecular complexity index is 753. The zero-order valence-electron chi connectivity index (χ0n) is 10.5. The van der Waals surface area contributed by atoms with Crippen LogP contribution in [0.3, 0.4) is 0 Å². The Morgan fingerprint density at radius 2 is 2.00 bits per heavy atom. The summed E-state index contributed by atoms with van der Waals surface area (Å²) in [5.41, 5.74) is 2.71. The van der Waals surface area contributed by atoms with E-state index >= 15 is 0 Å². The standard InChI is InChI=1S/C15H11ClN2O2/c16-15-18-12-8-11(6-7-13(12)20-15)14(19)17-9-10-4-2-1-3-5-10/h1-8H,9H2,(H,17,19). The van der Waals surface area contributed by atoms with Gasteiger partial charge in [-0.15, -0.1) is 0 Å². The fourth-order valence-corrected chi connectivity index (χ4v) is 2.09. The molecule has 20 heavy (non-hydrogen) atoms. The van der Waals surface area contributed by atoms with Crippen LogP contribution in [0.15, 0.2) is 52.9 Å². The van der Waals surface area contributed by atoms with Gasteiger partial charge in [-0.3, -0.25) is 4.79 Å². The van der Waals surface area contributed by atoms with Crippen molar-refractivity contribution in [1.82, 2.24) is 10.3 Å². The second-order valence-electron chi connectivity index (χ2n) is 4.32. The molecule has 1 N–H and O–H groups in total. The molecule has 4 nitrogen and oxygen atoms in total. The first-order valence-corrected chi connectivity index (χ1v) is 6.48. The molecule has 0 unspecified atom stereocenters. The van der Waals surface area contributed by atoms with Crippen LogP contribution in [-0.4, -0.2) is 10.9 Å². The van der Waals surface area contributed by atoms with E-state index in [2.05, 4.69) is 10.3 Å². The molecule has 100 valence electrons. The van der Waals surface area contributed by atoms with Crippen molar-refractivity contribution in [3.05, 3.63) is 65.0 Å². The van der Waals surface area contributed by atoms with Crippen molar-refractivity contribution in [3.8, 4) is 0 Å². The molecule has 0 radical (unpaired) electrons. The Hall–Kier alpha value is -2.33. The first-order valence-electron chi connectivity index (χ1n) is 6.10. The number of nitrogens with one attached hydrogen (secondary N) is 1. The second kappa shape index (κ2) is 5.35. The molecule has 0 aliphatic carbocycles. The van der Waals surface area contributed by atoms with Gasteiger partial charge in [-0.1, -0.05) is 30.3 Å². The van der Waals surface area contributed by atoms with Crippen molar-refractivity contribution in [2.24, 2.45) is 0 Å². The predicted octanol–water partition coefficient (Wildman–Crippen LogP) is 3.41. The van der Waals surface area contributed by atoms with Crippen molar-refractivity contribution in [1.29, 1.82) is 0 Å². The number of aromatic nitrogens is 1. The highest BCUT2D eigenvalue weighted by atomic mass is 35.5. The van der Waals surface area contributed by atoms with E-state index in [4.69, 9.17) is 16.0 Å². The van der Waals surface area contributed by atoms with Gasteiger partial charge >= 0.3 is 0 Å². The third kappa shape index (κ3) is 2.65. The number of hydrogen-bond donors (Lipinski definition) is 1. The number of amides is 1. The van der Waals surface area contributed by atoms with Gasteiger partial charge < -0.3 is 9.73 Å². The minimum absolute atomic E-state index is 0.0712. The number of benzene rings is 2. The van der Waals surface area contributed by atoms with Crippen LogP contribution in [0.2, 0.25) is 5.35 Å². The maximum atomic E-state index is 12.1. The van der Waals surface area contributed by atoms with E-state index in [9.17, 15) is 4.79 Å². The van der Waals surface area contributed by atoms with Gasteiger partial charge in [-0.25, -0.2) is 0 Å². The van der Waals surface area contributed by atoms with Crippen molar-refractivity contribution >= 4 is 28.6 Å². The number of carbonyl (C=O) groups excluding carboxylic acids is 1. The molecular weight excluding hydrogens is 276 g/mol. The summed E-state index contributed by atoms with van der Waals surface area (Å²) < 4.78 is 5.15. The van der Waals surface area contributed by atoms with Crippen molar-refractivity contribution < 1.29 is 9.21 Å². The van der Waals surface area contributed by atoms with Crippen molar-refractivity contribution in [2.45, 2.75) is 6.54 Å². The maximum Gasteiger partial charge on any atom is 0.293 e. The van der Waals surface area contributed by atoms with E-state index in [1.165, 1.54) is 0 Å². The highest BCUT2D eigenvalue weighted by Crippen LogP contribution is 2.19. The maximum absolute atomic E-state index is 12.1. The van der Waals surface area contributed by atoms with Gasteiger partial charge in [-0.05, 0) is 35.4 Å². The number of nitrogens with zero attached hydrogens (tertiary/aromatic N) is 1. The van der Waals surface area contributed by atoms with Gasteiger partial charge in [0.25, 0.3) is 11.3 Å². The molecule has 1 amide bonds. The number of rotatable bonds is 3. The number of oxazole rings is 1. The number of halogens is 1. The molecule has 0 fully saturated rings. The van der Waals surface area contributed by atoms with E-state index in [-0.39, 0.29) is 11.3 Å². The summed E-state index contributed by atoms with van der Waals surface area (Å²) in [6, 6.07) is 14.8. The third-order valence-electron chi connectivity index (χ3n) is 2.92. The fourth-order valence-electron chi connectivity index (χ4n) is 1.92. The van der Waals surface area contributed by atoms with Crippen LogP contribution in [0, 0.1) is 0 Å². The highest BCUT2D eigenvalue weighted by Gasteiger charge is 2.09. The summed E-state index contributed by atoms with van der Waals surface area (Å²) in [5, 5.41) is 2.93. The second-order valence-corrected chi connectivity index (χ2v) is 4.64. The minimum atomic E-state index is -0.158. The third-order valence-corrected chi connectivity index (χ3v) is 3.08. The van der Waals surface area contributed by atoms with Gasteiger partial charge in [0.1, 0.15) is 5.52 Å². The van der Waals surface area contributed by atoms with Crippen LogP contribution in [-0.2, 0) is 6.54 Å². The lowest BCUT2D eigenvalue weighted by Gasteiger charge is -2.05. The lowest BCUT2D eigenvalue weighted by atomic mass is 10.2. The van der Waals surface area contributed by atoms with Crippen molar-refractivity contribution in [2.75, 3.05) is 0 Å². The van der Waals surface area contributed by atoms with Crippen LogP contribution >= 0.6 is 11.6 Å². The topological polar surface area (TPSA) is 55.1 Å². The van der Waals surface area contributed by atoms with Crippen LogP contribution in [0.1, 0.15) is 15.9 Å². The Morgan fingerprint density at radius 1 is 1.20 bits per heavy atom. The molecular formula is C15H11ClN2O2. The molecule has 0 bridgehead atoms. The van der Waals surface area contributed by atoms with E-state index < -0.39 is 0 Å². The van der Waals surface area contributed by atoms with E-state index in [1.807, 2.05) is 30.3 Å². The molecule has 0 saturated carbocycles. The first kappa shape index (κ1) is 12.7. The molecule has 0 saturated heterocycles. The van der Waals surface area contributed by atoms with Crippen LogP contribution < -0.4 is 5.32 Å². The van der Waals surface area contributed by atoms with Gasteiger partial charge in [0, 0.05) is 12.1 Å². The van der Waals surface area contributed by atoms with E-state index in [1.54, 1.807) is 18.2 Å². The normalized spacial score (nSPS) is 10.7. The van der Waals surface area contributed by atoms with Gasteiger partial charge in [0.15, 0.2) is 5.58 Å². The lowest BCUT2D eigenvalue weighted by Crippen LogP contribution is -2.22. The molecule has 3 aromatic rings. The lowest BCUT2D eigenvalue weighted by molar-refractivity contribution is 0.0951. The molecule has 0 atom stereocenters. The molecule has 2 aromatic carbocycles. The smallest absolute Gasteiger partial charge is 0.293 e. The summed E-state index contributed by atoms with van der Waals surface area (Å²) in [6.45, 7) is 0.483. The number of hydrogen-bond acceptors (Lipinski definition) is 3. The van der Waals surface area contributed by atoms with Gasteiger partial charge in [0.05, 0.1) is 0 Å². The quantitative estimate of drug-likeness (QED) is 0.803. The van der Waals surface area contributed by atoms with Crippen molar-refractivity contribution in [3.63, 3.8) is 0 Å². The molecule has 0 aliphatic heterocycles. The summed E-state index contributed by atoms with van der Waals surface area (Å²) in [7, 11) is 0. The largest absolute Gasteiger partial charge is 0.428 e. The van der Waals surface area contributed by atoms with Crippen LogP contribution in [0.25, 0.3) is 11.1 Å². The monoisotopic (exact) mass is 286 g/mol. The van der Waals surface area contributed by atoms with Gasteiger partial charge in [-0.2, -0.15) is 4.98 Å². The predicted molar refractivity (Wildman–Crippen MR) is 76.6 cm³/mol. The van der Waals surface area contributed by atoms with E-state index in [0.717, 1.165) is 5.56 Å². The summed E-state index contributed by atoms with van der Waals surface area (Å²) in [5.74, 6) is -0.158. The van der Waals surface area contributed by atoms with Gasteiger partial charge in [0.2, 0.25) is 0 Å². The number of carbonyl (C=O) groups is 1. The zero-order valence-corrected chi connectivity index (χ0v) is 11.2.